The van der Waals surface area contributed by atoms with E-state index in [9.17, 15) is 4.79 Å². The molecule has 0 radical (unpaired) electrons. The van der Waals surface area contributed by atoms with Crippen molar-refractivity contribution in [1.29, 1.82) is 0 Å². The predicted octanol–water partition coefficient (Wildman–Crippen LogP) is 4.80. The van der Waals surface area contributed by atoms with Crippen LogP contribution in [0.5, 0.6) is 0 Å². The van der Waals surface area contributed by atoms with Crippen LogP contribution in [0.1, 0.15) is 38.9 Å². The van der Waals surface area contributed by atoms with Crippen molar-refractivity contribution in [2.45, 2.75) is 34.2 Å². The van der Waals surface area contributed by atoms with E-state index >= 15 is 0 Å². The molecule has 3 heterocycles. The number of carbonyl (C=O) groups excluding carboxylic acids is 1. The summed E-state index contributed by atoms with van der Waals surface area (Å²) < 4.78 is 9.40. The number of nitrogens with zero attached hydrogens (tertiary/aromatic N) is 3. The smallest absolute Gasteiger partial charge is 0.257 e. The molecule has 4 aromatic rings. The van der Waals surface area contributed by atoms with Crippen molar-refractivity contribution >= 4 is 11.6 Å². The number of aromatic nitrogens is 3. The normalized spacial score (nSPS) is 11.0. The summed E-state index contributed by atoms with van der Waals surface area (Å²) in [5, 5.41) is 7.62. The maximum absolute atomic E-state index is 13.1. The van der Waals surface area contributed by atoms with Crippen molar-refractivity contribution in [2.75, 3.05) is 5.32 Å². The maximum atomic E-state index is 13.1. The van der Waals surface area contributed by atoms with Gasteiger partial charge in [0.15, 0.2) is 0 Å². The van der Waals surface area contributed by atoms with Crippen LogP contribution >= 0.6 is 0 Å². The van der Waals surface area contributed by atoms with Gasteiger partial charge in [0.1, 0.15) is 5.76 Å². The lowest BCUT2D eigenvalue weighted by atomic mass is 10.2. The van der Waals surface area contributed by atoms with Crippen molar-refractivity contribution in [3.63, 3.8) is 0 Å². The topological polar surface area (TPSA) is 65.0 Å². The summed E-state index contributed by atoms with van der Waals surface area (Å²) in [4.78, 5) is 13.1. The molecule has 148 valence electrons. The van der Waals surface area contributed by atoms with Gasteiger partial charge in [-0.25, -0.2) is 4.68 Å². The number of amides is 1. The van der Waals surface area contributed by atoms with Crippen LogP contribution in [0.3, 0.4) is 0 Å². The minimum Gasteiger partial charge on any atom is -0.467 e. The summed E-state index contributed by atoms with van der Waals surface area (Å²) in [7, 11) is 0. The van der Waals surface area contributed by atoms with Gasteiger partial charge >= 0.3 is 0 Å². The molecule has 0 bridgehead atoms. The van der Waals surface area contributed by atoms with Gasteiger partial charge in [-0.05, 0) is 64.1 Å². The second-order valence-corrected chi connectivity index (χ2v) is 7.26. The predicted molar refractivity (Wildman–Crippen MR) is 113 cm³/mol. The first kappa shape index (κ1) is 18.8. The molecule has 6 heteroatoms. The number of carbonyl (C=O) groups is 1. The number of para-hydroxylation sites is 2. The number of rotatable bonds is 5. The van der Waals surface area contributed by atoms with E-state index in [-0.39, 0.29) is 5.91 Å². The lowest BCUT2D eigenvalue weighted by Gasteiger charge is -2.13. The molecular formula is C23H24N4O2. The Hall–Kier alpha value is -3.54. The number of hydrogen-bond acceptors (Lipinski definition) is 3. The Morgan fingerprint density at radius 1 is 1.03 bits per heavy atom. The van der Waals surface area contributed by atoms with Crippen LogP contribution in [0.2, 0.25) is 0 Å². The SMILES string of the molecule is Cc1cc(C)n(-c2ccccc2NC(=O)c2cc(C)n(Cc3ccco3)c2C)n1. The van der Waals surface area contributed by atoms with Crippen LogP contribution < -0.4 is 5.32 Å². The van der Waals surface area contributed by atoms with Gasteiger partial charge in [0.05, 0.1) is 35.4 Å². The summed E-state index contributed by atoms with van der Waals surface area (Å²) in [5.41, 5.74) is 6.08. The van der Waals surface area contributed by atoms with Gasteiger partial charge in [-0.3, -0.25) is 4.79 Å². The molecule has 0 aliphatic rings. The molecule has 6 nitrogen and oxygen atoms in total. The van der Waals surface area contributed by atoms with Crippen molar-refractivity contribution in [2.24, 2.45) is 0 Å². The molecule has 1 N–H and O–H groups in total. The van der Waals surface area contributed by atoms with E-state index in [1.54, 1.807) is 6.26 Å². The number of anilines is 1. The van der Waals surface area contributed by atoms with Crippen LogP contribution in [0, 0.1) is 27.7 Å². The Labute approximate surface area is 169 Å². The van der Waals surface area contributed by atoms with Crippen molar-refractivity contribution < 1.29 is 9.21 Å². The van der Waals surface area contributed by atoms with Gasteiger partial charge in [0.2, 0.25) is 0 Å². The minimum atomic E-state index is -0.141. The van der Waals surface area contributed by atoms with E-state index in [4.69, 9.17) is 4.42 Å². The highest BCUT2D eigenvalue weighted by Crippen LogP contribution is 2.24. The van der Waals surface area contributed by atoms with Gasteiger partial charge < -0.3 is 14.3 Å². The molecule has 0 fully saturated rings. The molecule has 1 aromatic carbocycles. The summed E-state index contributed by atoms with van der Waals surface area (Å²) >= 11 is 0. The summed E-state index contributed by atoms with van der Waals surface area (Å²) in [6, 6.07) is 15.4. The van der Waals surface area contributed by atoms with Crippen LogP contribution in [0.4, 0.5) is 5.69 Å². The fraction of sp³-hybridized carbons (Fsp3) is 0.217. The first-order valence-electron chi connectivity index (χ1n) is 9.57. The standard InChI is InChI=1S/C23H24N4O2/c1-15-12-17(3)27(25-15)22-10-6-5-9-21(22)24-23(28)20-13-16(2)26(18(20)4)14-19-8-7-11-29-19/h5-13H,14H2,1-4H3,(H,24,28). The Bertz CT molecular complexity index is 1170. The fourth-order valence-electron chi connectivity index (χ4n) is 3.66. The second-order valence-electron chi connectivity index (χ2n) is 7.26. The third-order valence-corrected chi connectivity index (χ3v) is 5.10. The highest BCUT2D eigenvalue weighted by atomic mass is 16.3. The molecule has 0 atom stereocenters. The van der Waals surface area contributed by atoms with Gasteiger partial charge in [-0.1, -0.05) is 12.1 Å². The number of hydrogen-bond donors (Lipinski definition) is 1. The molecule has 1 amide bonds. The van der Waals surface area contributed by atoms with Crippen molar-refractivity contribution in [3.8, 4) is 5.69 Å². The largest absolute Gasteiger partial charge is 0.467 e. The van der Waals surface area contributed by atoms with Crippen molar-refractivity contribution in [1.82, 2.24) is 14.3 Å². The van der Waals surface area contributed by atoms with Crippen LogP contribution in [0.25, 0.3) is 5.69 Å². The van der Waals surface area contributed by atoms with Gasteiger partial charge in [0, 0.05) is 17.1 Å². The molecule has 0 saturated carbocycles. The Morgan fingerprint density at radius 3 is 2.52 bits per heavy atom. The average Bonchev–Trinajstić information content (AvgIpc) is 3.39. The Balaban J connectivity index is 1.64. The molecule has 0 unspecified atom stereocenters. The molecule has 0 aliphatic carbocycles. The first-order chi connectivity index (χ1) is 13.9. The molecule has 29 heavy (non-hydrogen) atoms. The molecule has 4 rings (SSSR count). The number of nitrogens with one attached hydrogen (secondary N) is 1. The zero-order valence-electron chi connectivity index (χ0n) is 17.1. The number of furan rings is 1. The van der Waals surface area contributed by atoms with E-state index < -0.39 is 0 Å². The molecule has 0 spiro atoms. The summed E-state index contributed by atoms with van der Waals surface area (Å²) in [5.74, 6) is 0.714. The lowest BCUT2D eigenvalue weighted by molar-refractivity contribution is 0.102. The third kappa shape index (κ3) is 3.61. The monoisotopic (exact) mass is 388 g/mol. The molecule has 0 saturated heterocycles. The van der Waals surface area contributed by atoms with E-state index in [0.717, 1.165) is 39.9 Å². The first-order valence-corrected chi connectivity index (χ1v) is 9.57. The van der Waals surface area contributed by atoms with Crippen molar-refractivity contribution in [3.05, 3.63) is 88.9 Å². The Morgan fingerprint density at radius 2 is 1.83 bits per heavy atom. The average molecular weight is 388 g/mol. The quantitative estimate of drug-likeness (QED) is 0.534. The van der Waals surface area contributed by atoms with Gasteiger partial charge in [0.25, 0.3) is 5.91 Å². The van der Waals surface area contributed by atoms with Gasteiger partial charge in [-0.15, -0.1) is 0 Å². The van der Waals surface area contributed by atoms with Gasteiger partial charge in [-0.2, -0.15) is 5.10 Å². The molecule has 0 aliphatic heterocycles. The number of benzene rings is 1. The number of aryl methyl sites for hydroxylation is 3. The Kier molecular flexibility index (Phi) is 4.84. The maximum Gasteiger partial charge on any atom is 0.257 e. The second kappa shape index (κ2) is 7.47. The van der Waals surface area contributed by atoms with Crippen LogP contribution in [-0.4, -0.2) is 20.3 Å². The molecular weight excluding hydrogens is 364 g/mol. The zero-order chi connectivity index (χ0) is 20.5. The zero-order valence-corrected chi connectivity index (χ0v) is 17.1. The minimum absolute atomic E-state index is 0.141. The van der Waals surface area contributed by atoms with Crippen LogP contribution in [0.15, 0.2) is 59.2 Å². The summed E-state index contributed by atoms with van der Waals surface area (Å²) in [6.07, 6.45) is 1.66. The van der Waals surface area contributed by atoms with E-state index in [1.807, 2.05) is 80.9 Å². The highest BCUT2D eigenvalue weighted by Gasteiger charge is 2.18. The van der Waals surface area contributed by atoms with E-state index in [0.29, 0.717) is 12.1 Å². The van der Waals surface area contributed by atoms with Crippen LogP contribution in [-0.2, 0) is 6.54 Å². The fourth-order valence-corrected chi connectivity index (χ4v) is 3.66. The highest BCUT2D eigenvalue weighted by molar-refractivity contribution is 6.06. The molecule has 3 aromatic heterocycles. The lowest BCUT2D eigenvalue weighted by Crippen LogP contribution is -2.15. The summed E-state index contributed by atoms with van der Waals surface area (Å²) in [6.45, 7) is 8.51. The third-order valence-electron chi connectivity index (χ3n) is 5.10. The van der Waals surface area contributed by atoms with E-state index in [1.165, 1.54) is 0 Å². The van der Waals surface area contributed by atoms with E-state index in [2.05, 4.69) is 15.0 Å².